The molecule has 0 saturated heterocycles. The van der Waals surface area contributed by atoms with Gasteiger partial charge in [0.25, 0.3) is 6.43 Å². The second kappa shape index (κ2) is 5.85. The van der Waals surface area contributed by atoms with Crippen LogP contribution in [0.5, 0.6) is 0 Å². The van der Waals surface area contributed by atoms with Gasteiger partial charge in [-0.3, -0.25) is 4.79 Å². The minimum Gasteiger partial charge on any atom is -0.481 e. The van der Waals surface area contributed by atoms with E-state index in [2.05, 4.69) is 5.32 Å². The molecule has 1 aliphatic rings. The highest BCUT2D eigenvalue weighted by molar-refractivity contribution is 5.80. The summed E-state index contributed by atoms with van der Waals surface area (Å²) in [4.78, 5) is 24.3. The number of nitrogens with zero attached hydrogens (tertiary/aromatic N) is 1. The standard InChI is InChI=1S/C13H14F2N2O3/c14-11(15)5-16-13(20)17-6-8-3-1-2-4-9(8)10(7-17)12(18)19/h1-4,10-11H,5-7H2,(H,16,20)(H,18,19). The molecule has 108 valence electrons. The first-order chi connectivity index (χ1) is 9.49. The number of hydrogen-bond donors (Lipinski definition) is 2. The third-order valence-electron chi connectivity index (χ3n) is 3.19. The normalized spacial score (nSPS) is 17.8. The molecule has 2 N–H and O–H groups in total. The number of hydrogen-bond acceptors (Lipinski definition) is 2. The van der Waals surface area contributed by atoms with E-state index >= 15 is 0 Å². The van der Waals surface area contributed by atoms with E-state index in [4.69, 9.17) is 0 Å². The summed E-state index contributed by atoms with van der Waals surface area (Å²) in [6.45, 7) is -0.550. The Bertz CT molecular complexity index is 522. The van der Waals surface area contributed by atoms with Gasteiger partial charge in [0.05, 0.1) is 12.5 Å². The van der Waals surface area contributed by atoms with Crippen LogP contribution in [-0.4, -0.2) is 41.5 Å². The first-order valence-electron chi connectivity index (χ1n) is 6.10. The van der Waals surface area contributed by atoms with Gasteiger partial charge in [0.2, 0.25) is 0 Å². The summed E-state index contributed by atoms with van der Waals surface area (Å²) < 4.78 is 24.2. The summed E-state index contributed by atoms with van der Waals surface area (Å²) in [5.74, 6) is -1.87. The average molecular weight is 284 g/mol. The molecule has 1 unspecified atom stereocenters. The zero-order valence-electron chi connectivity index (χ0n) is 10.6. The molecule has 7 heteroatoms. The van der Waals surface area contributed by atoms with Crippen molar-refractivity contribution in [3.63, 3.8) is 0 Å². The fourth-order valence-electron chi connectivity index (χ4n) is 2.25. The van der Waals surface area contributed by atoms with Crippen molar-refractivity contribution in [2.75, 3.05) is 13.1 Å². The molecule has 2 rings (SSSR count). The average Bonchev–Trinajstić information content (AvgIpc) is 2.43. The van der Waals surface area contributed by atoms with Gasteiger partial charge in [0.1, 0.15) is 0 Å². The first-order valence-corrected chi connectivity index (χ1v) is 6.10. The number of rotatable bonds is 3. The van der Waals surface area contributed by atoms with Gasteiger partial charge in [0.15, 0.2) is 0 Å². The van der Waals surface area contributed by atoms with E-state index in [-0.39, 0.29) is 13.1 Å². The Hall–Kier alpha value is -2.18. The van der Waals surface area contributed by atoms with Crippen LogP contribution in [0.1, 0.15) is 17.0 Å². The monoisotopic (exact) mass is 284 g/mol. The zero-order valence-corrected chi connectivity index (χ0v) is 10.6. The molecule has 0 radical (unpaired) electrons. The SMILES string of the molecule is O=C(O)C1CN(C(=O)NCC(F)F)Cc2ccccc21. The number of benzene rings is 1. The highest BCUT2D eigenvalue weighted by Crippen LogP contribution is 2.28. The lowest BCUT2D eigenvalue weighted by atomic mass is 9.90. The number of carbonyl (C=O) groups is 2. The van der Waals surface area contributed by atoms with Gasteiger partial charge in [-0.2, -0.15) is 0 Å². The van der Waals surface area contributed by atoms with Crippen LogP contribution < -0.4 is 5.32 Å². The third kappa shape index (κ3) is 3.04. The number of fused-ring (bicyclic) bond motifs is 1. The topological polar surface area (TPSA) is 69.6 Å². The number of alkyl halides is 2. The molecule has 0 fully saturated rings. The molecule has 0 aliphatic carbocycles. The second-order valence-electron chi connectivity index (χ2n) is 4.55. The Labute approximate surface area is 114 Å². The second-order valence-corrected chi connectivity index (χ2v) is 4.55. The summed E-state index contributed by atoms with van der Waals surface area (Å²) in [5.41, 5.74) is 1.39. The van der Waals surface area contributed by atoms with E-state index in [1.54, 1.807) is 24.3 Å². The van der Waals surface area contributed by atoms with Crippen LogP contribution in [0.3, 0.4) is 0 Å². The van der Waals surface area contributed by atoms with E-state index in [1.807, 2.05) is 0 Å². The molecule has 1 aromatic carbocycles. The van der Waals surface area contributed by atoms with E-state index in [1.165, 1.54) is 4.90 Å². The van der Waals surface area contributed by atoms with Gasteiger partial charge in [-0.1, -0.05) is 24.3 Å². The quantitative estimate of drug-likeness (QED) is 0.886. The highest BCUT2D eigenvalue weighted by Gasteiger charge is 2.32. The molecular weight excluding hydrogens is 270 g/mol. The Kier molecular flexibility index (Phi) is 4.16. The molecule has 2 amide bonds. The summed E-state index contributed by atoms with van der Waals surface area (Å²) >= 11 is 0. The molecule has 0 spiro atoms. The van der Waals surface area contributed by atoms with Crippen molar-refractivity contribution < 1.29 is 23.5 Å². The van der Waals surface area contributed by atoms with Crippen molar-refractivity contribution in [1.29, 1.82) is 0 Å². The van der Waals surface area contributed by atoms with Crippen LogP contribution in [0.2, 0.25) is 0 Å². The van der Waals surface area contributed by atoms with Gasteiger partial charge in [-0.05, 0) is 11.1 Å². The first kappa shape index (κ1) is 14.2. The summed E-state index contributed by atoms with van der Waals surface area (Å²) in [6.07, 6.45) is -2.63. The maximum Gasteiger partial charge on any atom is 0.317 e. The van der Waals surface area contributed by atoms with Crippen molar-refractivity contribution in [1.82, 2.24) is 10.2 Å². The molecule has 1 aromatic rings. The van der Waals surface area contributed by atoms with Crippen molar-refractivity contribution in [3.8, 4) is 0 Å². The number of amides is 2. The van der Waals surface area contributed by atoms with Gasteiger partial charge in [-0.25, -0.2) is 13.6 Å². The van der Waals surface area contributed by atoms with Gasteiger partial charge in [0, 0.05) is 13.1 Å². The number of nitrogens with one attached hydrogen (secondary N) is 1. The Morgan fingerprint density at radius 2 is 2.10 bits per heavy atom. The Morgan fingerprint density at radius 1 is 1.40 bits per heavy atom. The number of carbonyl (C=O) groups excluding carboxylic acids is 1. The number of halogens is 2. The van der Waals surface area contributed by atoms with Crippen LogP contribution in [0.4, 0.5) is 13.6 Å². The zero-order chi connectivity index (χ0) is 14.7. The smallest absolute Gasteiger partial charge is 0.317 e. The Balaban J connectivity index is 2.16. The number of carboxylic acid groups (broad SMARTS) is 1. The van der Waals surface area contributed by atoms with E-state index in [9.17, 15) is 23.5 Å². The molecule has 1 atom stereocenters. The van der Waals surface area contributed by atoms with Crippen molar-refractivity contribution in [3.05, 3.63) is 35.4 Å². The molecule has 20 heavy (non-hydrogen) atoms. The largest absolute Gasteiger partial charge is 0.481 e. The van der Waals surface area contributed by atoms with Crippen LogP contribution in [0, 0.1) is 0 Å². The van der Waals surface area contributed by atoms with Crippen molar-refractivity contribution >= 4 is 12.0 Å². The maximum atomic E-state index is 12.1. The molecule has 0 aromatic heterocycles. The van der Waals surface area contributed by atoms with Crippen molar-refractivity contribution in [2.24, 2.45) is 0 Å². The van der Waals surface area contributed by atoms with Gasteiger partial charge < -0.3 is 15.3 Å². The van der Waals surface area contributed by atoms with Crippen LogP contribution in [-0.2, 0) is 11.3 Å². The van der Waals surface area contributed by atoms with Crippen LogP contribution in [0.25, 0.3) is 0 Å². The van der Waals surface area contributed by atoms with Crippen LogP contribution in [0.15, 0.2) is 24.3 Å². The molecule has 0 bridgehead atoms. The fraction of sp³-hybridized carbons (Fsp3) is 0.385. The molecule has 5 nitrogen and oxygen atoms in total. The third-order valence-corrected chi connectivity index (χ3v) is 3.19. The lowest BCUT2D eigenvalue weighted by Crippen LogP contribution is -2.46. The molecule has 1 aliphatic heterocycles. The Morgan fingerprint density at radius 3 is 2.75 bits per heavy atom. The minimum absolute atomic E-state index is 0.0264. The molecule has 0 saturated carbocycles. The van der Waals surface area contributed by atoms with Crippen molar-refractivity contribution in [2.45, 2.75) is 18.9 Å². The number of carboxylic acids is 1. The van der Waals surface area contributed by atoms with Gasteiger partial charge in [-0.15, -0.1) is 0 Å². The lowest BCUT2D eigenvalue weighted by molar-refractivity contribution is -0.139. The summed E-state index contributed by atoms with van der Waals surface area (Å²) in [7, 11) is 0. The fourth-order valence-corrected chi connectivity index (χ4v) is 2.25. The number of urea groups is 1. The van der Waals surface area contributed by atoms with Gasteiger partial charge >= 0.3 is 12.0 Å². The molecular formula is C13H14F2N2O3. The maximum absolute atomic E-state index is 12.1. The lowest BCUT2D eigenvalue weighted by Gasteiger charge is -2.32. The number of aliphatic carboxylic acids is 1. The summed E-state index contributed by atoms with van der Waals surface area (Å²) in [6, 6.07) is 6.26. The minimum atomic E-state index is -2.63. The molecule has 1 heterocycles. The summed E-state index contributed by atoms with van der Waals surface area (Å²) in [5, 5.41) is 11.3. The predicted octanol–water partition coefficient (Wildman–Crippen LogP) is 1.65. The highest BCUT2D eigenvalue weighted by atomic mass is 19.3. The predicted molar refractivity (Wildman–Crippen MR) is 66.6 cm³/mol. The van der Waals surface area contributed by atoms with E-state index in [0.717, 1.165) is 5.56 Å². The van der Waals surface area contributed by atoms with E-state index in [0.29, 0.717) is 5.56 Å². The van der Waals surface area contributed by atoms with Crippen LogP contribution >= 0.6 is 0 Å². The van der Waals surface area contributed by atoms with E-state index < -0.39 is 30.9 Å².